The Balaban J connectivity index is 2.35. The Morgan fingerprint density at radius 3 is 3.08 bits per heavy atom. The molecular weight excluding hydrogens is 156 g/mol. The fourth-order valence-corrected chi connectivity index (χ4v) is 1.40. The van der Waals surface area contributed by atoms with Crippen LogP contribution in [-0.2, 0) is 0 Å². The lowest BCUT2D eigenvalue weighted by molar-refractivity contribution is 0.0844. The minimum absolute atomic E-state index is 0.0590. The summed E-state index contributed by atoms with van der Waals surface area (Å²) in [6.45, 7) is 3.78. The summed E-state index contributed by atoms with van der Waals surface area (Å²) in [5.74, 6) is 0. The van der Waals surface area contributed by atoms with Crippen LogP contribution in [0.3, 0.4) is 0 Å². The van der Waals surface area contributed by atoms with E-state index in [9.17, 15) is 9.90 Å². The highest BCUT2D eigenvalue weighted by molar-refractivity contribution is 5.74. The van der Waals surface area contributed by atoms with Crippen LogP contribution in [0.5, 0.6) is 0 Å². The van der Waals surface area contributed by atoms with E-state index in [0.717, 1.165) is 19.4 Å². The summed E-state index contributed by atoms with van der Waals surface area (Å²) in [5, 5.41) is 12.0. The van der Waals surface area contributed by atoms with Crippen LogP contribution in [0, 0.1) is 0 Å². The number of piperidine rings is 1. The second-order valence-electron chi connectivity index (χ2n) is 3.08. The number of urea groups is 1. The van der Waals surface area contributed by atoms with Crippen molar-refractivity contribution in [3.8, 4) is 0 Å². The monoisotopic (exact) mass is 172 g/mol. The van der Waals surface area contributed by atoms with Crippen molar-refractivity contribution in [2.75, 3.05) is 19.6 Å². The van der Waals surface area contributed by atoms with Crippen molar-refractivity contribution in [1.82, 2.24) is 10.2 Å². The first-order valence-corrected chi connectivity index (χ1v) is 4.45. The molecule has 1 fully saturated rings. The number of nitrogens with one attached hydrogen (secondary N) is 1. The zero-order chi connectivity index (χ0) is 8.97. The third-order valence-electron chi connectivity index (χ3n) is 2.01. The van der Waals surface area contributed by atoms with Gasteiger partial charge in [0.15, 0.2) is 0 Å². The maximum absolute atomic E-state index is 11.2. The summed E-state index contributed by atoms with van der Waals surface area (Å²) in [6.07, 6.45) is 1.38. The average molecular weight is 172 g/mol. The maximum atomic E-state index is 11.2. The fraction of sp³-hybridized carbons (Fsp3) is 0.875. The van der Waals surface area contributed by atoms with Gasteiger partial charge in [0.1, 0.15) is 0 Å². The molecule has 2 N–H and O–H groups in total. The van der Waals surface area contributed by atoms with Gasteiger partial charge in [-0.3, -0.25) is 0 Å². The van der Waals surface area contributed by atoms with Gasteiger partial charge in [-0.2, -0.15) is 0 Å². The number of β-amino-alcohol motifs (C(OH)–C–C–N with tert-alkyl or cyclic N) is 1. The topological polar surface area (TPSA) is 52.6 Å². The number of amides is 2. The van der Waals surface area contributed by atoms with Crippen LogP contribution in [0.4, 0.5) is 4.79 Å². The lowest BCUT2D eigenvalue weighted by Gasteiger charge is -2.29. The van der Waals surface area contributed by atoms with Gasteiger partial charge in [0.2, 0.25) is 0 Å². The van der Waals surface area contributed by atoms with Gasteiger partial charge < -0.3 is 15.3 Å². The number of likely N-dealkylation sites (tertiary alicyclic amines) is 1. The molecule has 1 heterocycles. The molecule has 0 aliphatic carbocycles. The largest absolute Gasteiger partial charge is 0.391 e. The van der Waals surface area contributed by atoms with Gasteiger partial charge in [-0.25, -0.2) is 4.79 Å². The van der Waals surface area contributed by atoms with E-state index in [2.05, 4.69) is 5.32 Å². The third-order valence-corrected chi connectivity index (χ3v) is 2.01. The number of aliphatic hydroxyl groups is 1. The zero-order valence-corrected chi connectivity index (χ0v) is 7.42. The van der Waals surface area contributed by atoms with E-state index >= 15 is 0 Å². The minimum Gasteiger partial charge on any atom is -0.391 e. The number of hydrogen-bond donors (Lipinski definition) is 2. The van der Waals surface area contributed by atoms with E-state index < -0.39 is 0 Å². The molecular formula is C8H16N2O2. The molecule has 4 heteroatoms. The van der Waals surface area contributed by atoms with E-state index in [1.54, 1.807) is 4.90 Å². The van der Waals surface area contributed by atoms with Crippen LogP contribution >= 0.6 is 0 Å². The highest BCUT2D eigenvalue weighted by Crippen LogP contribution is 2.09. The molecule has 1 atom stereocenters. The summed E-state index contributed by atoms with van der Waals surface area (Å²) in [5.41, 5.74) is 0. The second-order valence-corrected chi connectivity index (χ2v) is 3.08. The molecule has 0 bridgehead atoms. The normalized spacial score (nSPS) is 23.8. The molecule has 0 aromatic heterocycles. The van der Waals surface area contributed by atoms with Crippen LogP contribution in [0.1, 0.15) is 19.8 Å². The Bertz CT molecular complexity index is 161. The van der Waals surface area contributed by atoms with Crippen molar-refractivity contribution in [2.24, 2.45) is 0 Å². The maximum Gasteiger partial charge on any atom is 0.317 e. The van der Waals surface area contributed by atoms with Crippen molar-refractivity contribution in [1.29, 1.82) is 0 Å². The molecule has 12 heavy (non-hydrogen) atoms. The van der Waals surface area contributed by atoms with Gasteiger partial charge in [0.25, 0.3) is 0 Å². The van der Waals surface area contributed by atoms with Crippen LogP contribution in [0.2, 0.25) is 0 Å². The van der Waals surface area contributed by atoms with Crippen LogP contribution in [0.25, 0.3) is 0 Å². The number of aliphatic hydroxyl groups excluding tert-OH is 1. The second kappa shape index (κ2) is 4.30. The minimum atomic E-state index is -0.332. The fourth-order valence-electron chi connectivity index (χ4n) is 1.40. The molecule has 0 saturated carbocycles. The molecule has 0 aromatic rings. The highest BCUT2D eigenvalue weighted by atomic mass is 16.3. The van der Waals surface area contributed by atoms with E-state index in [1.807, 2.05) is 6.92 Å². The number of rotatable bonds is 1. The first-order valence-electron chi connectivity index (χ1n) is 4.45. The number of carbonyl (C=O) groups excluding carboxylic acids is 1. The Morgan fingerprint density at radius 2 is 2.50 bits per heavy atom. The van der Waals surface area contributed by atoms with E-state index in [1.165, 1.54) is 0 Å². The highest BCUT2D eigenvalue weighted by Gasteiger charge is 2.20. The molecule has 1 aliphatic heterocycles. The van der Waals surface area contributed by atoms with E-state index in [-0.39, 0.29) is 12.1 Å². The predicted molar refractivity (Wildman–Crippen MR) is 45.9 cm³/mol. The number of carbonyl (C=O) groups is 1. The van der Waals surface area contributed by atoms with E-state index in [0.29, 0.717) is 13.1 Å². The van der Waals surface area contributed by atoms with Gasteiger partial charge in [-0.1, -0.05) is 0 Å². The van der Waals surface area contributed by atoms with Crippen LogP contribution in [-0.4, -0.2) is 41.8 Å². The number of nitrogens with zero attached hydrogens (tertiary/aromatic N) is 1. The molecule has 0 radical (unpaired) electrons. The van der Waals surface area contributed by atoms with Gasteiger partial charge in [-0.05, 0) is 19.8 Å². The first kappa shape index (κ1) is 9.32. The Hall–Kier alpha value is -0.770. The first-order chi connectivity index (χ1) is 5.74. The van der Waals surface area contributed by atoms with Crippen molar-refractivity contribution in [3.63, 3.8) is 0 Å². The summed E-state index contributed by atoms with van der Waals surface area (Å²) in [6, 6.07) is -0.0590. The summed E-state index contributed by atoms with van der Waals surface area (Å²) in [4.78, 5) is 12.9. The summed E-state index contributed by atoms with van der Waals surface area (Å²) in [7, 11) is 0. The molecule has 1 unspecified atom stereocenters. The summed E-state index contributed by atoms with van der Waals surface area (Å²) < 4.78 is 0. The predicted octanol–water partition coefficient (Wildman–Crippen LogP) is 0.173. The molecule has 1 rings (SSSR count). The smallest absolute Gasteiger partial charge is 0.317 e. The average Bonchev–Trinajstić information content (AvgIpc) is 2.05. The van der Waals surface area contributed by atoms with Crippen LogP contribution < -0.4 is 5.32 Å². The van der Waals surface area contributed by atoms with Crippen LogP contribution in [0.15, 0.2) is 0 Å². The van der Waals surface area contributed by atoms with E-state index in [4.69, 9.17) is 0 Å². The molecule has 2 amide bonds. The lowest BCUT2D eigenvalue weighted by Crippen LogP contribution is -2.46. The Morgan fingerprint density at radius 1 is 1.75 bits per heavy atom. The van der Waals surface area contributed by atoms with Crippen molar-refractivity contribution >= 4 is 6.03 Å². The zero-order valence-electron chi connectivity index (χ0n) is 7.42. The van der Waals surface area contributed by atoms with Crippen molar-refractivity contribution in [2.45, 2.75) is 25.9 Å². The van der Waals surface area contributed by atoms with Crippen molar-refractivity contribution in [3.05, 3.63) is 0 Å². The Kier molecular flexibility index (Phi) is 3.34. The summed E-state index contributed by atoms with van der Waals surface area (Å²) >= 11 is 0. The quantitative estimate of drug-likeness (QED) is 0.592. The van der Waals surface area contributed by atoms with Gasteiger partial charge in [-0.15, -0.1) is 0 Å². The molecule has 1 saturated heterocycles. The van der Waals surface area contributed by atoms with Crippen molar-refractivity contribution < 1.29 is 9.90 Å². The van der Waals surface area contributed by atoms with Gasteiger partial charge in [0, 0.05) is 19.6 Å². The number of hydrogen-bond acceptors (Lipinski definition) is 2. The third kappa shape index (κ3) is 2.37. The molecule has 0 aromatic carbocycles. The molecule has 4 nitrogen and oxygen atoms in total. The van der Waals surface area contributed by atoms with Gasteiger partial charge in [0.05, 0.1) is 6.10 Å². The molecule has 1 aliphatic rings. The SMILES string of the molecule is CCNC(=O)N1CCCC(O)C1. The Labute approximate surface area is 72.6 Å². The lowest BCUT2D eigenvalue weighted by atomic mass is 10.1. The molecule has 0 spiro atoms. The van der Waals surface area contributed by atoms with Gasteiger partial charge >= 0.3 is 6.03 Å². The standard InChI is InChI=1S/C8H16N2O2/c1-2-9-8(12)10-5-3-4-7(11)6-10/h7,11H,2-6H2,1H3,(H,9,12). The molecule has 70 valence electrons.